The fraction of sp³-hybridized carbons (Fsp3) is 0.115. The molecule has 2 aliphatic heterocycles. The zero-order valence-corrected chi connectivity index (χ0v) is 18.0. The second-order valence-electron chi connectivity index (χ2n) is 8.20. The Morgan fingerprint density at radius 3 is 2.52 bits per heavy atom. The number of hydrogen-bond donors (Lipinski definition) is 1. The van der Waals surface area contributed by atoms with Gasteiger partial charge in [-0.2, -0.15) is 0 Å². The van der Waals surface area contributed by atoms with Gasteiger partial charge in [0.1, 0.15) is 11.5 Å². The molecular weight excluding hydrogens is 381 g/mol. The van der Waals surface area contributed by atoms with Crippen LogP contribution in [0.15, 0.2) is 96.3 Å². The molecule has 2 aliphatic rings. The Morgan fingerprint density at radius 2 is 1.74 bits per heavy atom. The van der Waals surface area contributed by atoms with Gasteiger partial charge in [0.25, 0.3) is 0 Å². The van der Waals surface area contributed by atoms with Crippen LogP contribution in [0.5, 0.6) is 11.5 Å². The smallest absolute Gasteiger partial charge is 0.353 e. The van der Waals surface area contributed by atoms with E-state index >= 15 is 0 Å². The van der Waals surface area contributed by atoms with Crippen LogP contribution in [0.3, 0.4) is 0 Å². The van der Waals surface area contributed by atoms with Crippen molar-refractivity contribution in [1.82, 2.24) is 4.48 Å². The average Bonchev–Trinajstić information content (AvgIpc) is 3.38. The van der Waals surface area contributed by atoms with Crippen LogP contribution in [-0.4, -0.2) is 28.8 Å². The summed E-state index contributed by atoms with van der Waals surface area (Å²) in [6.07, 6.45) is 9.79. The van der Waals surface area contributed by atoms with Crippen molar-refractivity contribution < 1.29 is 9.22 Å². The topological polar surface area (TPSA) is 43.2 Å². The van der Waals surface area contributed by atoms with Gasteiger partial charge in [-0.1, -0.05) is 30.3 Å². The first-order valence-electron chi connectivity index (χ1n) is 10.9. The van der Waals surface area contributed by atoms with E-state index in [-0.39, 0.29) is 0 Å². The third kappa shape index (κ3) is 3.80. The van der Waals surface area contributed by atoms with Gasteiger partial charge in [-0.25, -0.2) is 0 Å². The molecule has 0 bridgehead atoms. The Kier molecular flexibility index (Phi) is 5.18. The molecule has 3 heterocycles. The molecule has 0 amide bonds. The molecule has 0 atom stereocenters. The summed E-state index contributed by atoms with van der Waals surface area (Å²) in [5, 5.41) is 0. The van der Waals surface area contributed by atoms with Crippen molar-refractivity contribution in [2.45, 2.75) is 13.3 Å². The Hall–Kier alpha value is -3.57. The summed E-state index contributed by atoms with van der Waals surface area (Å²) in [4.78, 5) is 0. The normalized spacial score (nSPS) is 15.4. The van der Waals surface area contributed by atoms with Crippen LogP contribution < -0.4 is 10.5 Å². The zero-order valence-electron chi connectivity index (χ0n) is 18.0. The predicted octanol–water partition coefficient (Wildman–Crippen LogP) is 4.33. The van der Waals surface area contributed by atoms with Gasteiger partial charge in [-0.05, 0) is 74.1 Å². The number of fused-ring (bicyclic) bond motifs is 2. The number of hydrogen-bond acceptors (Lipinski definition) is 2. The molecule has 0 saturated carbocycles. The summed E-state index contributed by atoms with van der Waals surface area (Å²) >= 11 is 0. The van der Waals surface area contributed by atoms with Crippen molar-refractivity contribution in [1.29, 1.82) is 0 Å². The maximum Gasteiger partial charge on any atom is 0.353 e. The van der Waals surface area contributed by atoms with Gasteiger partial charge in [-0.3, -0.25) is 0 Å². The highest BCUT2D eigenvalue weighted by Crippen LogP contribution is 2.33. The lowest BCUT2D eigenvalue weighted by molar-refractivity contribution is -0.314. The minimum absolute atomic E-state index is 0.502. The molecule has 0 aliphatic carbocycles. The number of rotatable bonds is 6. The third-order valence-electron chi connectivity index (χ3n) is 6.11. The molecule has 5 heteroatoms. The minimum Gasteiger partial charge on any atom is -0.466 e. The van der Waals surface area contributed by atoms with Crippen molar-refractivity contribution in [2.24, 2.45) is 5.73 Å². The fourth-order valence-electron chi connectivity index (χ4n) is 4.73. The standard InChI is InChI=1S/C26H26BN3O/c1-19-18-21(30-26(19)24(15-16-28)25-8-5-17-29(25)27-30)12-9-20-10-13-23(14-11-20)31-22-6-3-2-4-7-22/h2-14,17-18H,15-16,27-28H2,1H3/b12-9+. The van der Waals surface area contributed by atoms with E-state index < -0.39 is 7.55 Å². The first-order chi connectivity index (χ1) is 15.2. The Bertz CT molecular complexity index is 1230. The average molecular weight is 407 g/mol. The highest BCUT2D eigenvalue weighted by atomic mass is 16.5. The summed E-state index contributed by atoms with van der Waals surface area (Å²) in [6, 6.07) is 22.4. The van der Waals surface area contributed by atoms with Crippen LogP contribution in [0.2, 0.25) is 0 Å². The van der Waals surface area contributed by atoms with Gasteiger partial charge >= 0.3 is 7.55 Å². The molecule has 3 aromatic rings. The summed E-state index contributed by atoms with van der Waals surface area (Å²) in [5.74, 6) is 1.69. The monoisotopic (exact) mass is 407 g/mol. The van der Waals surface area contributed by atoms with Gasteiger partial charge in [0.15, 0.2) is 11.4 Å². The van der Waals surface area contributed by atoms with Gasteiger partial charge in [-0.15, -0.1) is 0 Å². The van der Waals surface area contributed by atoms with E-state index in [4.69, 9.17) is 10.5 Å². The van der Waals surface area contributed by atoms with Crippen molar-refractivity contribution in [3.05, 3.63) is 108 Å². The molecule has 2 N–H and O–H groups in total. The molecule has 0 unspecified atom stereocenters. The number of benzene rings is 2. The van der Waals surface area contributed by atoms with E-state index in [1.165, 1.54) is 28.2 Å². The van der Waals surface area contributed by atoms with E-state index in [2.05, 4.69) is 64.6 Å². The van der Waals surface area contributed by atoms with E-state index in [0.717, 1.165) is 23.5 Å². The molecule has 0 radical (unpaired) electrons. The Morgan fingerprint density at radius 1 is 0.968 bits per heavy atom. The largest absolute Gasteiger partial charge is 0.466 e. The van der Waals surface area contributed by atoms with E-state index in [9.17, 15) is 0 Å². The molecule has 0 spiro atoms. The Labute approximate surface area is 183 Å². The van der Waals surface area contributed by atoms with Crippen molar-refractivity contribution in [3.8, 4) is 11.5 Å². The highest BCUT2D eigenvalue weighted by Gasteiger charge is 2.30. The lowest BCUT2D eigenvalue weighted by Gasteiger charge is -2.26. The fourth-order valence-corrected chi connectivity index (χ4v) is 4.73. The lowest BCUT2D eigenvalue weighted by Crippen LogP contribution is -2.31. The zero-order chi connectivity index (χ0) is 21.2. The third-order valence-corrected chi connectivity index (χ3v) is 6.11. The molecule has 5 rings (SSSR count). The maximum absolute atomic E-state index is 5.94. The quantitative estimate of drug-likeness (QED) is 0.619. The lowest BCUT2D eigenvalue weighted by atomic mass is 9.93. The van der Waals surface area contributed by atoms with Crippen LogP contribution in [0.1, 0.15) is 24.6 Å². The Balaban J connectivity index is 1.40. The number of ether oxygens (including phenoxy) is 1. The van der Waals surface area contributed by atoms with Gasteiger partial charge in [0.05, 0.1) is 0 Å². The number of nitrogens with zero attached hydrogens (tertiary/aromatic N) is 2. The first-order valence-corrected chi connectivity index (χ1v) is 10.9. The van der Waals surface area contributed by atoms with Crippen molar-refractivity contribution in [2.75, 3.05) is 6.54 Å². The van der Waals surface area contributed by atoms with Crippen LogP contribution in [0.4, 0.5) is 0 Å². The number of para-hydroxylation sites is 1. The minimum atomic E-state index is -0.502. The number of nitrogens with two attached hydrogens (primary N) is 1. The highest BCUT2D eigenvalue weighted by molar-refractivity contribution is 6.29. The molecule has 0 saturated heterocycles. The summed E-state index contributed by atoms with van der Waals surface area (Å²) < 4.78 is 10.8. The molecular formula is C26H26BN3O. The molecule has 154 valence electrons. The number of allylic oxidation sites excluding steroid dienone is 3. The van der Waals surface area contributed by atoms with Gasteiger partial charge < -0.3 is 19.4 Å². The first kappa shape index (κ1) is 19.4. The summed E-state index contributed by atoms with van der Waals surface area (Å²) in [7, 11) is -0.502. The summed E-state index contributed by atoms with van der Waals surface area (Å²) in [5.41, 5.74) is 13.7. The molecule has 1 aromatic heterocycles. The van der Waals surface area contributed by atoms with Crippen LogP contribution >= 0.6 is 0 Å². The SMILES string of the molecule is CC1=CC(/C=C/c2ccc(Oc3ccccc3)cc2)=[N+]2[BH2-]n3cccc3C(CCN)=C12. The van der Waals surface area contributed by atoms with E-state index in [1.54, 1.807) is 0 Å². The van der Waals surface area contributed by atoms with Crippen molar-refractivity contribution in [3.63, 3.8) is 0 Å². The summed E-state index contributed by atoms with van der Waals surface area (Å²) in [6.45, 7) is 2.87. The number of aromatic nitrogens is 1. The van der Waals surface area contributed by atoms with Crippen LogP contribution in [-0.2, 0) is 0 Å². The van der Waals surface area contributed by atoms with Gasteiger partial charge in [0, 0.05) is 29.0 Å². The van der Waals surface area contributed by atoms with E-state index in [1.807, 2.05) is 42.5 Å². The predicted molar refractivity (Wildman–Crippen MR) is 130 cm³/mol. The van der Waals surface area contributed by atoms with Gasteiger partial charge in [0.2, 0.25) is 0 Å². The molecule has 31 heavy (non-hydrogen) atoms. The van der Waals surface area contributed by atoms with E-state index in [0.29, 0.717) is 6.54 Å². The second kappa shape index (κ2) is 8.28. The van der Waals surface area contributed by atoms with Crippen molar-refractivity contribution >= 4 is 24.9 Å². The molecule has 4 nitrogen and oxygen atoms in total. The molecule has 0 fully saturated rings. The molecule has 2 aromatic carbocycles. The maximum atomic E-state index is 5.94. The van der Waals surface area contributed by atoms with Crippen LogP contribution in [0, 0.1) is 0 Å². The van der Waals surface area contributed by atoms with Crippen LogP contribution in [0.25, 0.3) is 11.6 Å². The second-order valence-corrected chi connectivity index (χ2v) is 8.20.